The standard InChI is InChI=1S/C20H16N2O/c1-3-7-16(8-4-1)17-11-13-18(14-12-17)20-21-22(15-23-20)19-9-5-2-6-10-19/h1-14H,15H2. The Bertz CT molecular complexity index is 811. The van der Waals surface area contributed by atoms with Gasteiger partial charge in [-0.1, -0.05) is 60.7 Å². The number of ether oxygens (including phenoxy) is 1. The molecule has 0 aliphatic carbocycles. The van der Waals surface area contributed by atoms with Gasteiger partial charge in [-0.25, -0.2) is 5.01 Å². The minimum absolute atomic E-state index is 0.444. The summed E-state index contributed by atoms with van der Waals surface area (Å²) in [7, 11) is 0. The zero-order valence-electron chi connectivity index (χ0n) is 12.6. The Kier molecular flexibility index (Phi) is 3.53. The Morgan fingerprint density at radius 1 is 0.652 bits per heavy atom. The molecule has 0 fully saturated rings. The zero-order valence-corrected chi connectivity index (χ0v) is 12.6. The number of nitrogens with zero attached hydrogens (tertiary/aromatic N) is 2. The molecule has 0 saturated heterocycles. The number of rotatable bonds is 3. The average Bonchev–Trinajstić information content (AvgIpc) is 3.14. The molecule has 3 heteroatoms. The Balaban J connectivity index is 1.57. The van der Waals surface area contributed by atoms with E-state index in [1.807, 2.05) is 53.5 Å². The van der Waals surface area contributed by atoms with Crippen molar-refractivity contribution in [3.63, 3.8) is 0 Å². The van der Waals surface area contributed by atoms with Gasteiger partial charge in [0.25, 0.3) is 0 Å². The van der Waals surface area contributed by atoms with E-state index < -0.39 is 0 Å². The molecular weight excluding hydrogens is 284 g/mol. The molecule has 1 aliphatic heterocycles. The van der Waals surface area contributed by atoms with Crippen LogP contribution in [0.25, 0.3) is 11.1 Å². The molecule has 0 atom stereocenters. The maximum Gasteiger partial charge on any atom is 0.240 e. The third-order valence-corrected chi connectivity index (χ3v) is 3.83. The Labute approximate surface area is 135 Å². The van der Waals surface area contributed by atoms with Crippen LogP contribution in [0.3, 0.4) is 0 Å². The second-order valence-electron chi connectivity index (χ2n) is 5.36. The lowest BCUT2D eigenvalue weighted by Gasteiger charge is -2.09. The summed E-state index contributed by atoms with van der Waals surface area (Å²) in [6, 6.07) is 28.7. The van der Waals surface area contributed by atoms with Gasteiger partial charge in [0, 0.05) is 5.56 Å². The molecule has 3 aromatic carbocycles. The fourth-order valence-electron chi connectivity index (χ4n) is 2.60. The summed E-state index contributed by atoms with van der Waals surface area (Å²) in [5.41, 5.74) is 4.42. The van der Waals surface area contributed by atoms with Crippen LogP contribution < -0.4 is 5.01 Å². The van der Waals surface area contributed by atoms with Gasteiger partial charge in [-0.2, -0.15) is 0 Å². The number of benzene rings is 3. The van der Waals surface area contributed by atoms with Crippen LogP contribution in [-0.2, 0) is 4.74 Å². The highest BCUT2D eigenvalue weighted by Gasteiger charge is 2.18. The molecule has 1 aliphatic rings. The van der Waals surface area contributed by atoms with E-state index in [1.165, 1.54) is 11.1 Å². The number of hydrazone groups is 1. The topological polar surface area (TPSA) is 24.8 Å². The first kappa shape index (κ1) is 13.6. The summed E-state index contributed by atoms with van der Waals surface area (Å²) in [6.07, 6.45) is 0. The smallest absolute Gasteiger partial charge is 0.240 e. The Hall–Kier alpha value is -3.07. The average molecular weight is 300 g/mol. The zero-order chi connectivity index (χ0) is 15.5. The third kappa shape index (κ3) is 2.81. The van der Waals surface area contributed by atoms with Crippen LogP contribution in [0.2, 0.25) is 0 Å². The van der Waals surface area contributed by atoms with Crippen molar-refractivity contribution < 1.29 is 4.74 Å². The maximum absolute atomic E-state index is 5.73. The summed E-state index contributed by atoms with van der Waals surface area (Å²) in [4.78, 5) is 0. The van der Waals surface area contributed by atoms with Crippen molar-refractivity contribution in [3.05, 3.63) is 90.5 Å². The second kappa shape index (κ2) is 5.97. The van der Waals surface area contributed by atoms with Gasteiger partial charge in [0.15, 0.2) is 6.73 Å². The van der Waals surface area contributed by atoms with E-state index in [0.717, 1.165) is 11.3 Å². The first-order valence-corrected chi connectivity index (χ1v) is 7.60. The quantitative estimate of drug-likeness (QED) is 0.711. The van der Waals surface area contributed by atoms with Crippen molar-refractivity contribution in [2.24, 2.45) is 5.10 Å². The van der Waals surface area contributed by atoms with Gasteiger partial charge in [-0.15, -0.1) is 5.10 Å². The molecule has 0 saturated carbocycles. The molecule has 0 aromatic heterocycles. The predicted octanol–water partition coefficient (Wildman–Crippen LogP) is 4.51. The lowest BCUT2D eigenvalue weighted by molar-refractivity contribution is 0.338. The first-order valence-electron chi connectivity index (χ1n) is 7.60. The largest absolute Gasteiger partial charge is 0.453 e. The minimum atomic E-state index is 0.444. The molecular formula is C20H16N2O. The van der Waals surface area contributed by atoms with Gasteiger partial charge >= 0.3 is 0 Å². The Morgan fingerprint density at radius 3 is 1.91 bits per heavy atom. The fraction of sp³-hybridized carbons (Fsp3) is 0.0500. The summed E-state index contributed by atoms with van der Waals surface area (Å²) >= 11 is 0. The molecule has 23 heavy (non-hydrogen) atoms. The van der Waals surface area contributed by atoms with Crippen molar-refractivity contribution in [1.29, 1.82) is 0 Å². The summed E-state index contributed by atoms with van der Waals surface area (Å²) in [6.45, 7) is 0.444. The van der Waals surface area contributed by atoms with Crippen molar-refractivity contribution in [2.45, 2.75) is 0 Å². The van der Waals surface area contributed by atoms with Gasteiger partial charge in [0.1, 0.15) is 0 Å². The number of para-hydroxylation sites is 1. The summed E-state index contributed by atoms with van der Waals surface area (Å²) in [5, 5.41) is 6.42. The van der Waals surface area contributed by atoms with Crippen LogP contribution in [-0.4, -0.2) is 12.6 Å². The van der Waals surface area contributed by atoms with Gasteiger partial charge in [0.05, 0.1) is 5.69 Å². The summed E-state index contributed by atoms with van der Waals surface area (Å²) < 4.78 is 5.73. The van der Waals surface area contributed by atoms with E-state index in [1.54, 1.807) is 0 Å². The highest BCUT2D eigenvalue weighted by molar-refractivity contribution is 5.96. The molecule has 0 spiro atoms. The SMILES string of the molecule is c1ccc(-c2ccc(C3=NN(c4ccccc4)CO3)cc2)cc1. The molecule has 3 aromatic rings. The fourth-order valence-corrected chi connectivity index (χ4v) is 2.60. The van der Waals surface area contributed by atoms with Crippen LogP contribution in [0.1, 0.15) is 5.56 Å². The molecule has 0 radical (unpaired) electrons. The monoisotopic (exact) mass is 300 g/mol. The molecule has 0 unspecified atom stereocenters. The van der Waals surface area contributed by atoms with Gasteiger partial charge in [-0.3, -0.25) is 0 Å². The van der Waals surface area contributed by atoms with Crippen LogP contribution in [0.15, 0.2) is 90.0 Å². The van der Waals surface area contributed by atoms with Gasteiger partial charge in [0.2, 0.25) is 5.90 Å². The molecule has 0 bridgehead atoms. The maximum atomic E-state index is 5.73. The highest BCUT2D eigenvalue weighted by atomic mass is 16.5. The molecule has 1 heterocycles. The molecule has 112 valence electrons. The van der Waals surface area contributed by atoms with E-state index in [4.69, 9.17) is 4.74 Å². The van der Waals surface area contributed by atoms with Crippen LogP contribution in [0.4, 0.5) is 5.69 Å². The summed E-state index contributed by atoms with van der Waals surface area (Å²) in [5.74, 6) is 0.661. The lowest BCUT2D eigenvalue weighted by Crippen LogP contribution is -2.12. The third-order valence-electron chi connectivity index (χ3n) is 3.83. The Morgan fingerprint density at radius 2 is 1.22 bits per heavy atom. The van der Waals surface area contributed by atoms with E-state index in [0.29, 0.717) is 12.6 Å². The molecule has 3 nitrogen and oxygen atoms in total. The van der Waals surface area contributed by atoms with Crippen LogP contribution in [0, 0.1) is 0 Å². The number of hydrogen-bond donors (Lipinski definition) is 0. The minimum Gasteiger partial charge on any atom is -0.453 e. The van der Waals surface area contributed by atoms with E-state index in [2.05, 4.69) is 41.5 Å². The lowest BCUT2D eigenvalue weighted by atomic mass is 10.0. The number of hydrogen-bond acceptors (Lipinski definition) is 3. The van der Waals surface area contributed by atoms with Crippen LogP contribution in [0.5, 0.6) is 0 Å². The van der Waals surface area contributed by atoms with Gasteiger partial charge in [-0.05, 0) is 35.4 Å². The number of anilines is 1. The normalized spacial score (nSPS) is 13.6. The second-order valence-corrected chi connectivity index (χ2v) is 5.36. The molecule has 0 N–H and O–H groups in total. The van der Waals surface area contributed by atoms with E-state index in [9.17, 15) is 0 Å². The first-order chi connectivity index (χ1) is 11.4. The van der Waals surface area contributed by atoms with Crippen LogP contribution >= 0.6 is 0 Å². The predicted molar refractivity (Wildman–Crippen MR) is 93.3 cm³/mol. The van der Waals surface area contributed by atoms with E-state index in [-0.39, 0.29) is 0 Å². The van der Waals surface area contributed by atoms with Crippen molar-refractivity contribution in [3.8, 4) is 11.1 Å². The van der Waals surface area contributed by atoms with Gasteiger partial charge < -0.3 is 4.74 Å². The van der Waals surface area contributed by atoms with Crippen molar-refractivity contribution >= 4 is 11.6 Å². The van der Waals surface area contributed by atoms with Crippen molar-refractivity contribution in [2.75, 3.05) is 11.7 Å². The molecule has 0 amide bonds. The van der Waals surface area contributed by atoms with Crippen molar-refractivity contribution in [1.82, 2.24) is 0 Å². The highest BCUT2D eigenvalue weighted by Crippen LogP contribution is 2.22. The van der Waals surface area contributed by atoms with E-state index >= 15 is 0 Å². The molecule has 4 rings (SSSR count).